The third-order valence-corrected chi connectivity index (χ3v) is 6.35. The number of rotatable bonds is 4. The largest absolute Gasteiger partial charge is 0.367 e. The van der Waals surface area contributed by atoms with E-state index in [9.17, 15) is 0 Å². The molecule has 0 unspecified atom stereocenters. The van der Waals surface area contributed by atoms with Gasteiger partial charge in [-0.2, -0.15) is 10.2 Å². The van der Waals surface area contributed by atoms with Crippen LogP contribution in [-0.2, 0) is 0 Å². The maximum absolute atomic E-state index is 6.06. The highest BCUT2D eigenvalue weighted by Gasteiger charge is 2.06. The van der Waals surface area contributed by atoms with E-state index in [0.717, 1.165) is 54.2 Å². The Bertz CT molecular complexity index is 1730. The van der Waals surface area contributed by atoms with Crippen molar-refractivity contribution in [3.05, 3.63) is 120 Å². The van der Waals surface area contributed by atoms with Crippen LogP contribution in [0.5, 0.6) is 0 Å². The predicted octanol–water partition coefficient (Wildman–Crippen LogP) is 6.99. The Morgan fingerprint density at radius 3 is 1.38 bits per heavy atom. The van der Waals surface area contributed by atoms with Gasteiger partial charge < -0.3 is 5.73 Å². The van der Waals surface area contributed by atoms with Crippen molar-refractivity contribution in [3.63, 3.8) is 0 Å². The van der Waals surface area contributed by atoms with Crippen LogP contribution in [0, 0.1) is 0 Å². The molecule has 0 aliphatic carbocycles. The number of halogens is 1. The molecule has 0 spiro atoms. The van der Waals surface area contributed by atoms with Gasteiger partial charge in [0, 0.05) is 11.1 Å². The van der Waals surface area contributed by atoms with Crippen LogP contribution in [-0.4, -0.2) is 18.4 Å². The summed E-state index contributed by atoms with van der Waals surface area (Å²) < 4.78 is 0. The molecule has 0 amide bonds. The van der Waals surface area contributed by atoms with Gasteiger partial charge in [0.15, 0.2) is 0 Å². The number of hydrazone groups is 1. The lowest BCUT2D eigenvalue weighted by atomic mass is 9.97. The van der Waals surface area contributed by atoms with Crippen LogP contribution in [0.1, 0.15) is 11.1 Å². The molecule has 6 heteroatoms. The van der Waals surface area contributed by atoms with Gasteiger partial charge in [0.05, 0.1) is 12.4 Å². The summed E-state index contributed by atoms with van der Waals surface area (Å²) in [5.41, 5.74) is 10.9. The molecule has 0 saturated heterocycles. The van der Waals surface area contributed by atoms with Gasteiger partial charge in [-0.15, -0.1) is 17.5 Å². The van der Waals surface area contributed by atoms with Crippen LogP contribution in [0.4, 0.5) is 0 Å². The first-order valence-electron chi connectivity index (χ1n) is 11.7. The van der Waals surface area contributed by atoms with Crippen LogP contribution in [0.2, 0.25) is 0 Å². The SMILES string of the molecule is Cl.N/C(=N\N=C\c1c2ccccc2cc2ccccc12)N/N=C/c1c2ccccc2cc2ccccc12. The first-order valence-corrected chi connectivity index (χ1v) is 11.7. The zero-order valence-electron chi connectivity index (χ0n) is 19.9. The molecule has 0 aromatic heterocycles. The van der Waals surface area contributed by atoms with Gasteiger partial charge in [-0.3, -0.25) is 0 Å². The second-order valence-electron chi connectivity index (χ2n) is 8.56. The number of nitrogens with one attached hydrogen (secondary N) is 1. The topological polar surface area (TPSA) is 75.1 Å². The van der Waals surface area contributed by atoms with Crippen molar-refractivity contribution in [2.75, 3.05) is 0 Å². The average molecular weight is 502 g/mol. The van der Waals surface area contributed by atoms with E-state index >= 15 is 0 Å². The molecule has 0 bridgehead atoms. The zero-order valence-corrected chi connectivity index (χ0v) is 20.7. The monoisotopic (exact) mass is 501 g/mol. The first kappa shape index (κ1) is 24.0. The maximum Gasteiger partial charge on any atom is 0.234 e. The Morgan fingerprint density at radius 2 is 0.946 bits per heavy atom. The third kappa shape index (κ3) is 4.73. The molecule has 3 N–H and O–H groups in total. The smallest absolute Gasteiger partial charge is 0.234 e. The minimum Gasteiger partial charge on any atom is -0.367 e. The molecular weight excluding hydrogens is 478 g/mol. The number of guanidine groups is 1. The highest BCUT2D eigenvalue weighted by atomic mass is 35.5. The van der Waals surface area contributed by atoms with E-state index in [1.165, 1.54) is 0 Å². The van der Waals surface area contributed by atoms with Crippen LogP contribution >= 0.6 is 12.4 Å². The number of benzene rings is 6. The van der Waals surface area contributed by atoms with E-state index < -0.39 is 0 Å². The lowest BCUT2D eigenvalue weighted by molar-refractivity contribution is 0.995. The van der Waals surface area contributed by atoms with Gasteiger partial charge in [0.25, 0.3) is 0 Å². The molecule has 37 heavy (non-hydrogen) atoms. The lowest BCUT2D eigenvalue weighted by Gasteiger charge is -2.08. The Hall–Kier alpha value is -4.74. The summed E-state index contributed by atoms with van der Waals surface area (Å²) in [7, 11) is 0. The molecular formula is C31H24ClN5. The number of hydrogen-bond acceptors (Lipinski definition) is 3. The molecule has 0 heterocycles. The van der Waals surface area contributed by atoms with Crippen LogP contribution in [0.25, 0.3) is 43.1 Å². The summed E-state index contributed by atoms with van der Waals surface area (Å²) in [6, 6.07) is 37.4. The molecule has 0 saturated carbocycles. The third-order valence-electron chi connectivity index (χ3n) is 6.35. The Balaban J connectivity index is 0.00000280. The van der Waals surface area contributed by atoms with Gasteiger partial charge in [-0.1, -0.05) is 97.1 Å². The second-order valence-corrected chi connectivity index (χ2v) is 8.56. The Kier molecular flexibility index (Phi) is 6.79. The van der Waals surface area contributed by atoms with Crippen molar-refractivity contribution < 1.29 is 0 Å². The number of fused-ring (bicyclic) bond motifs is 4. The summed E-state index contributed by atoms with van der Waals surface area (Å²) in [6.45, 7) is 0. The number of hydrogen-bond donors (Lipinski definition) is 2. The van der Waals surface area contributed by atoms with Crippen LogP contribution in [0.15, 0.2) is 124 Å². The van der Waals surface area contributed by atoms with E-state index in [1.54, 1.807) is 12.4 Å². The summed E-state index contributed by atoms with van der Waals surface area (Å²) in [4.78, 5) is 0. The minimum absolute atomic E-state index is 0. The van der Waals surface area contributed by atoms with E-state index in [-0.39, 0.29) is 18.4 Å². The highest BCUT2D eigenvalue weighted by Crippen LogP contribution is 2.28. The van der Waals surface area contributed by atoms with Gasteiger partial charge in [0.1, 0.15) is 0 Å². The van der Waals surface area contributed by atoms with Gasteiger partial charge in [0.2, 0.25) is 5.96 Å². The minimum atomic E-state index is 0. The molecule has 0 aliphatic heterocycles. The van der Waals surface area contributed by atoms with Crippen molar-refractivity contribution >= 4 is 73.9 Å². The lowest BCUT2D eigenvalue weighted by Crippen LogP contribution is -2.26. The average Bonchev–Trinajstić information content (AvgIpc) is 2.92. The summed E-state index contributed by atoms with van der Waals surface area (Å²) in [5.74, 6) is 0.108. The fourth-order valence-electron chi connectivity index (χ4n) is 4.71. The fraction of sp³-hybridized carbons (Fsp3) is 0. The zero-order chi connectivity index (χ0) is 24.3. The van der Waals surface area contributed by atoms with Crippen molar-refractivity contribution in [1.29, 1.82) is 0 Å². The maximum atomic E-state index is 6.06. The van der Waals surface area contributed by atoms with E-state index in [2.05, 4.69) is 81.4 Å². The van der Waals surface area contributed by atoms with Gasteiger partial charge >= 0.3 is 0 Å². The Labute approximate surface area is 220 Å². The number of nitrogens with two attached hydrogens (primary N) is 1. The molecule has 0 aliphatic rings. The first-order chi connectivity index (χ1) is 17.8. The normalized spacial score (nSPS) is 12.2. The molecule has 6 aromatic rings. The van der Waals surface area contributed by atoms with Gasteiger partial charge in [-0.05, 0) is 55.2 Å². The molecule has 6 aromatic carbocycles. The van der Waals surface area contributed by atoms with Crippen molar-refractivity contribution in [2.24, 2.45) is 21.0 Å². The molecule has 6 rings (SSSR count). The molecule has 5 nitrogen and oxygen atoms in total. The van der Waals surface area contributed by atoms with E-state index in [1.807, 2.05) is 48.5 Å². The summed E-state index contributed by atoms with van der Waals surface area (Å²) in [6.07, 6.45) is 3.54. The summed E-state index contributed by atoms with van der Waals surface area (Å²) >= 11 is 0. The molecule has 0 radical (unpaired) electrons. The molecule has 0 fully saturated rings. The second kappa shape index (κ2) is 10.5. The number of nitrogens with zero attached hydrogens (tertiary/aromatic N) is 3. The predicted molar refractivity (Wildman–Crippen MR) is 160 cm³/mol. The molecule has 0 atom stereocenters. The fourth-order valence-corrected chi connectivity index (χ4v) is 4.71. The van der Waals surface area contributed by atoms with Crippen LogP contribution in [0.3, 0.4) is 0 Å². The van der Waals surface area contributed by atoms with Crippen molar-refractivity contribution in [2.45, 2.75) is 0 Å². The standard InChI is InChI=1S/C31H23N5.ClH/c32-31(35-33-19-29-25-13-5-1-9-21(25)17-22-10-2-6-14-26(22)29)36-34-20-30-27-15-7-3-11-23(27)18-24-12-4-8-16-28(24)30;/h1-20H,(H3,32,35,36);1H/b33-19+,34-20+;. The van der Waals surface area contributed by atoms with Gasteiger partial charge in [-0.25, -0.2) is 5.43 Å². The summed E-state index contributed by atoms with van der Waals surface area (Å²) in [5, 5.41) is 21.9. The van der Waals surface area contributed by atoms with Crippen molar-refractivity contribution in [3.8, 4) is 0 Å². The molecule has 180 valence electrons. The van der Waals surface area contributed by atoms with Crippen LogP contribution < -0.4 is 11.2 Å². The van der Waals surface area contributed by atoms with Crippen molar-refractivity contribution in [1.82, 2.24) is 5.43 Å². The van der Waals surface area contributed by atoms with E-state index in [0.29, 0.717) is 0 Å². The quantitative estimate of drug-likeness (QED) is 0.118. The Morgan fingerprint density at radius 1 is 0.568 bits per heavy atom. The highest BCUT2D eigenvalue weighted by molar-refractivity contribution is 6.14. The van der Waals surface area contributed by atoms with E-state index in [4.69, 9.17) is 5.73 Å².